The summed E-state index contributed by atoms with van der Waals surface area (Å²) in [4.78, 5) is 12.9. The van der Waals surface area contributed by atoms with E-state index in [1.807, 2.05) is 6.07 Å². The molecule has 9 heteroatoms. The molecule has 3 aromatic rings. The van der Waals surface area contributed by atoms with Crippen molar-refractivity contribution >= 4 is 11.6 Å². The Bertz CT molecular complexity index is 1180. The van der Waals surface area contributed by atoms with Gasteiger partial charge in [-0.15, -0.1) is 0 Å². The summed E-state index contributed by atoms with van der Waals surface area (Å²) in [6.07, 6.45) is -4.76. The van der Waals surface area contributed by atoms with Gasteiger partial charge in [0.15, 0.2) is 0 Å². The standard InChI is InChI=1S/C22H17F4N3O2/c1-2-19-16(22(24,25)26)10-20(29(19)15-5-3-4-13(8-15)11-27)21(31)28-18-7-6-14(12-30)9-17(18)23/h3-10,30H,2,12H2,1H3,(H,28,31). The van der Waals surface area contributed by atoms with E-state index in [1.165, 1.54) is 43.3 Å². The zero-order valence-electron chi connectivity index (χ0n) is 16.3. The van der Waals surface area contributed by atoms with Gasteiger partial charge in [0.05, 0.1) is 29.5 Å². The molecular formula is C22H17F4N3O2. The third-order valence-corrected chi connectivity index (χ3v) is 4.67. The minimum atomic E-state index is -4.72. The molecule has 0 saturated carbocycles. The van der Waals surface area contributed by atoms with Gasteiger partial charge in [-0.2, -0.15) is 18.4 Å². The molecule has 0 saturated heterocycles. The molecule has 0 aliphatic carbocycles. The van der Waals surface area contributed by atoms with Crippen molar-refractivity contribution in [2.75, 3.05) is 5.32 Å². The number of nitrogens with one attached hydrogen (secondary N) is 1. The molecular weight excluding hydrogens is 414 g/mol. The molecule has 2 aromatic carbocycles. The molecule has 1 amide bonds. The second kappa shape index (κ2) is 8.62. The molecule has 0 fully saturated rings. The molecule has 0 spiro atoms. The number of aliphatic hydroxyl groups is 1. The molecule has 160 valence electrons. The number of hydrogen-bond acceptors (Lipinski definition) is 3. The fourth-order valence-electron chi connectivity index (χ4n) is 3.27. The number of alkyl halides is 3. The van der Waals surface area contributed by atoms with Crippen LogP contribution < -0.4 is 5.32 Å². The Kier molecular flexibility index (Phi) is 6.13. The summed E-state index contributed by atoms with van der Waals surface area (Å²) in [5, 5.41) is 20.5. The molecule has 0 unspecified atom stereocenters. The van der Waals surface area contributed by atoms with Crippen LogP contribution >= 0.6 is 0 Å². The lowest BCUT2D eigenvalue weighted by molar-refractivity contribution is -0.138. The van der Waals surface area contributed by atoms with Crippen molar-refractivity contribution in [2.24, 2.45) is 0 Å². The molecule has 3 rings (SSSR count). The zero-order valence-corrected chi connectivity index (χ0v) is 16.3. The lowest BCUT2D eigenvalue weighted by atomic mass is 10.1. The van der Waals surface area contributed by atoms with Gasteiger partial charge in [-0.1, -0.05) is 19.1 Å². The predicted octanol–water partition coefficient (Wildman–Crippen LogP) is 4.81. The molecule has 0 bridgehead atoms. The Morgan fingerprint density at radius 1 is 1.19 bits per heavy atom. The van der Waals surface area contributed by atoms with E-state index in [4.69, 9.17) is 10.4 Å². The Morgan fingerprint density at radius 3 is 2.52 bits per heavy atom. The quantitative estimate of drug-likeness (QED) is 0.569. The molecule has 5 nitrogen and oxygen atoms in total. The largest absolute Gasteiger partial charge is 0.418 e. The maximum atomic E-state index is 14.2. The van der Waals surface area contributed by atoms with Gasteiger partial charge in [-0.25, -0.2) is 4.39 Å². The van der Waals surface area contributed by atoms with Gasteiger partial charge in [0.1, 0.15) is 11.5 Å². The van der Waals surface area contributed by atoms with E-state index in [1.54, 1.807) is 0 Å². The van der Waals surface area contributed by atoms with E-state index in [-0.39, 0.29) is 40.3 Å². The zero-order chi connectivity index (χ0) is 22.8. The molecule has 0 aliphatic rings. The summed E-state index contributed by atoms with van der Waals surface area (Å²) in [6.45, 7) is 1.11. The number of aliphatic hydroxyl groups excluding tert-OH is 1. The Balaban J connectivity index is 2.15. The maximum Gasteiger partial charge on any atom is 0.418 e. The van der Waals surface area contributed by atoms with E-state index in [2.05, 4.69) is 5.32 Å². The highest BCUT2D eigenvalue weighted by Gasteiger charge is 2.37. The fraction of sp³-hybridized carbons (Fsp3) is 0.182. The molecule has 31 heavy (non-hydrogen) atoms. The number of benzene rings is 2. The van der Waals surface area contributed by atoms with E-state index in [9.17, 15) is 22.4 Å². The third-order valence-electron chi connectivity index (χ3n) is 4.67. The lowest BCUT2D eigenvalue weighted by Crippen LogP contribution is -2.18. The Hall–Kier alpha value is -3.64. The van der Waals surface area contributed by atoms with E-state index < -0.39 is 30.1 Å². The molecule has 2 N–H and O–H groups in total. The molecule has 1 heterocycles. The number of nitriles is 1. The summed E-state index contributed by atoms with van der Waals surface area (Å²) < 4.78 is 56.3. The fourth-order valence-corrected chi connectivity index (χ4v) is 3.27. The number of carbonyl (C=O) groups is 1. The average molecular weight is 431 g/mol. The van der Waals surface area contributed by atoms with Crippen LogP contribution in [-0.2, 0) is 19.2 Å². The van der Waals surface area contributed by atoms with Crippen molar-refractivity contribution in [3.8, 4) is 11.8 Å². The minimum Gasteiger partial charge on any atom is -0.392 e. The van der Waals surface area contributed by atoms with Crippen LogP contribution in [0.5, 0.6) is 0 Å². The van der Waals surface area contributed by atoms with E-state index in [0.29, 0.717) is 6.07 Å². The number of carbonyl (C=O) groups excluding carboxylic acids is 1. The maximum absolute atomic E-state index is 14.2. The first-order valence-corrected chi connectivity index (χ1v) is 9.22. The van der Waals surface area contributed by atoms with Crippen LogP contribution in [0.4, 0.5) is 23.2 Å². The summed E-state index contributed by atoms with van der Waals surface area (Å²) in [6, 6.07) is 12.1. The highest BCUT2D eigenvalue weighted by Crippen LogP contribution is 2.36. The molecule has 1 aromatic heterocycles. The van der Waals surface area contributed by atoms with Gasteiger partial charge in [-0.05, 0) is 48.4 Å². The normalized spacial score (nSPS) is 11.3. The number of rotatable bonds is 5. The van der Waals surface area contributed by atoms with Gasteiger partial charge in [0.2, 0.25) is 0 Å². The second-order valence-electron chi connectivity index (χ2n) is 6.67. The van der Waals surface area contributed by atoms with Gasteiger partial charge >= 0.3 is 6.18 Å². The number of nitrogens with zero attached hydrogens (tertiary/aromatic N) is 2. The first kappa shape index (κ1) is 22.1. The van der Waals surface area contributed by atoms with Crippen LogP contribution in [0.15, 0.2) is 48.5 Å². The number of anilines is 1. The highest BCUT2D eigenvalue weighted by molar-refractivity contribution is 6.04. The number of amides is 1. The first-order chi connectivity index (χ1) is 14.7. The molecule has 0 aliphatic heterocycles. The summed E-state index contributed by atoms with van der Waals surface area (Å²) in [7, 11) is 0. The minimum absolute atomic E-state index is 0.0432. The van der Waals surface area contributed by atoms with Crippen molar-refractivity contribution in [3.05, 3.63) is 82.4 Å². The predicted molar refractivity (Wildman–Crippen MR) is 105 cm³/mol. The van der Waals surface area contributed by atoms with Crippen LogP contribution in [0.25, 0.3) is 5.69 Å². The van der Waals surface area contributed by atoms with Crippen LogP contribution in [0, 0.1) is 17.1 Å². The van der Waals surface area contributed by atoms with Crippen LogP contribution in [0.1, 0.15) is 39.8 Å². The van der Waals surface area contributed by atoms with Crippen molar-refractivity contribution < 1.29 is 27.5 Å². The van der Waals surface area contributed by atoms with Crippen molar-refractivity contribution in [2.45, 2.75) is 26.1 Å². The van der Waals surface area contributed by atoms with E-state index >= 15 is 0 Å². The topological polar surface area (TPSA) is 78.0 Å². The summed E-state index contributed by atoms with van der Waals surface area (Å²) in [5.74, 6) is -1.79. The monoisotopic (exact) mass is 431 g/mol. The van der Waals surface area contributed by atoms with Gasteiger partial charge in [0, 0.05) is 11.4 Å². The van der Waals surface area contributed by atoms with Gasteiger partial charge in [0.25, 0.3) is 5.91 Å². The smallest absolute Gasteiger partial charge is 0.392 e. The Labute approximate surface area is 175 Å². The molecule has 0 atom stereocenters. The number of aromatic nitrogens is 1. The Morgan fingerprint density at radius 2 is 1.94 bits per heavy atom. The van der Waals surface area contributed by atoms with Crippen LogP contribution in [-0.4, -0.2) is 15.6 Å². The molecule has 0 radical (unpaired) electrons. The van der Waals surface area contributed by atoms with Crippen LogP contribution in [0.3, 0.4) is 0 Å². The van der Waals surface area contributed by atoms with E-state index in [0.717, 1.165) is 10.6 Å². The van der Waals surface area contributed by atoms with Gasteiger partial charge in [-0.3, -0.25) is 4.79 Å². The van der Waals surface area contributed by atoms with Crippen molar-refractivity contribution in [3.63, 3.8) is 0 Å². The van der Waals surface area contributed by atoms with Crippen molar-refractivity contribution in [1.29, 1.82) is 5.26 Å². The average Bonchev–Trinajstić information content (AvgIpc) is 3.15. The first-order valence-electron chi connectivity index (χ1n) is 9.22. The number of halogens is 4. The summed E-state index contributed by atoms with van der Waals surface area (Å²) in [5.41, 5.74) is -1.06. The number of hydrogen-bond donors (Lipinski definition) is 2. The SMILES string of the molecule is CCc1c(C(F)(F)F)cc(C(=O)Nc2ccc(CO)cc2F)n1-c1cccc(C#N)c1. The van der Waals surface area contributed by atoms with Crippen LogP contribution in [0.2, 0.25) is 0 Å². The third kappa shape index (κ3) is 4.44. The van der Waals surface area contributed by atoms with Crippen molar-refractivity contribution in [1.82, 2.24) is 4.57 Å². The lowest BCUT2D eigenvalue weighted by Gasteiger charge is -2.15. The highest BCUT2D eigenvalue weighted by atomic mass is 19.4. The summed E-state index contributed by atoms with van der Waals surface area (Å²) >= 11 is 0. The second-order valence-corrected chi connectivity index (χ2v) is 6.67. The van der Waals surface area contributed by atoms with Gasteiger partial charge < -0.3 is 15.0 Å².